The van der Waals surface area contributed by atoms with Crippen LogP contribution in [0.2, 0.25) is 0 Å². The number of hydrogen-bond acceptors (Lipinski definition) is 7. The van der Waals surface area contributed by atoms with Crippen molar-refractivity contribution in [1.82, 2.24) is 19.6 Å². The monoisotopic (exact) mass is 432 g/mol. The number of carbonyl (C=O) groups excluding carboxylic acids is 1. The number of benzene rings is 2. The van der Waals surface area contributed by atoms with Gasteiger partial charge >= 0.3 is 6.36 Å². The van der Waals surface area contributed by atoms with Gasteiger partial charge in [-0.2, -0.15) is 4.52 Å². The van der Waals surface area contributed by atoms with E-state index in [-0.39, 0.29) is 23.0 Å². The van der Waals surface area contributed by atoms with Gasteiger partial charge in [-0.15, -0.1) is 18.3 Å². The standard InChI is InChI=1S/C19H15F3N6O3/c20-19(21,22)31-14-8-4-2-6-11(14)16-26-17-10-5-1-3-7-12(10)24-18(28(17)27-16)25-13(9-29)15(23)30/h1-8,13,29H,9H2,(H2,23,30)(H,24,25)/t13-/m1/s1. The van der Waals surface area contributed by atoms with Crippen molar-refractivity contribution in [3.05, 3.63) is 48.5 Å². The van der Waals surface area contributed by atoms with Gasteiger partial charge in [0.1, 0.15) is 11.8 Å². The van der Waals surface area contributed by atoms with Gasteiger partial charge in [0.2, 0.25) is 11.9 Å². The van der Waals surface area contributed by atoms with Gasteiger partial charge in [0.05, 0.1) is 17.7 Å². The molecular weight excluding hydrogens is 417 g/mol. The van der Waals surface area contributed by atoms with Crippen molar-refractivity contribution in [3.8, 4) is 17.1 Å². The number of anilines is 1. The quantitative estimate of drug-likeness (QED) is 0.426. The minimum Gasteiger partial charge on any atom is -0.405 e. The first-order valence-corrected chi connectivity index (χ1v) is 8.94. The number of aliphatic hydroxyl groups excluding tert-OH is 1. The van der Waals surface area contributed by atoms with E-state index in [4.69, 9.17) is 5.73 Å². The molecule has 0 bridgehead atoms. The third-order valence-corrected chi connectivity index (χ3v) is 4.36. The maximum atomic E-state index is 12.8. The van der Waals surface area contributed by atoms with Crippen molar-refractivity contribution in [3.63, 3.8) is 0 Å². The third-order valence-electron chi connectivity index (χ3n) is 4.36. The summed E-state index contributed by atoms with van der Waals surface area (Å²) in [5, 5.41) is 16.9. The Hall–Kier alpha value is -3.93. The zero-order valence-corrected chi connectivity index (χ0v) is 15.7. The Morgan fingerprint density at radius 3 is 2.58 bits per heavy atom. The Balaban J connectivity index is 1.92. The lowest BCUT2D eigenvalue weighted by atomic mass is 10.2. The Morgan fingerprint density at radius 1 is 1.16 bits per heavy atom. The normalized spacial score (nSPS) is 12.8. The Labute approximate surface area is 172 Å². The van der Waals surface area contributed by atoms with Crippen LogP contribution >= 0.6 is 0 Å². The highest BCUT2D eigenvalue weighted by Crippen LogP contribution is 2.33. The number of primary amides is 1. The van der Waals surface area contributed by atoms with E-state index in [0.717, 1.165) is 6.07 Å². The maximum Gasteiger partial charge on any atom is 0.573 e. The SMILES string of the molecule is NC(=O)[C@@H](CO)Nc1nc2ccccc2c2nc(-c3ccccc3OC(F)(F)F)nn12. The lowest BCUT2D eigenvalue weighted by Crippen LogP contribution is -2.39. The van der Waals surface area contributed by atoms with Crippen LogP contribution in [0.1, 0.15) is 0 Å². The first-order chi connectivity index (χ1) is 14.8. The predicted molar refractivity (Wildman–Crippen MR) is 104 cm³/mol. The van der Waals surface area contributed by atoms with Gasteiger partial charge in [0.25, 0.3) is 0 Å². The third kappa shape index (κ3) is 4.05. The Morgan fingerprint density at radius 2 is 1.87 bits per heavy atom. The number of ether oxygens (including phenoxy) is 1. The summed E-state index contributed by atoms with van der Waals surface area (Å²) in [6.45, 7) is -0.602. The first-order valence-electron chi connectivity index (χ1n) is 8.94. The van der Waals surface area contributed by atoms with Crippen LogP contribution in [0.3, 0.4) is 0 Å². The maximum absolute atomic E-state index is 12.8. The van der Waals surface area contributed by atoms with Gasteiger partial charge < -0.3 is 20.9 Å². The van der Waals surface area contributed by atoms with Crippen LogP contribution in [0.5, 0.6) is 5.75 Å². The summed E-state index contributed by atoms with van der Waals surface area (Å²) in [6.07, 6.45) is -4.90. The highest BCUT2D eigenvalue weighted by Gasteiger charge is 2.32. The fraction of sp³-hybridized carbons (Fsp3) is 0.158. The number of aliphatic hydroxyl groups is 1. The van der Waals surface area contributed by atoms with E-state index in [2.05, 4.69) is 25.1 Å². The second kappa shape index (κ2) is 7.72. The van der Waals surface area contributed by atoms with E-state index >= 15 is 0 Å². The topological polar surface area (TPSA) is 128 Å². The summed E-state index contributed by atoms with van der Waals surface area (Å²) >= 11 is 0. The van der Waals surface area contributed by atoms with Crippen LogP contribution in [0.4, 0.5) is 19.1 Å². The highest BCUT2D eigenvalue weighted by atomic mass is 19.4. The van der Waals surface area contributed by atoms with Crippen LogP contribution in [-0.2, 0) is 4.79 Å². The molecule has 0 spiro atoms. The summed E-state index contributed by atoms with van der Waals surface area (Å²) in [5.74, 6) is -1.32. The molecule has 0 unspecified atom stereocenters. The van der Waals surface area contributed by atoms with E-state index in [1.165, 1.54) is 22.7 Å². The van der Waals surface area contributed by atoms with E-state index in [0.29, 0.717) is 10.9 Å². The molecule has 4 aromatic rings. The van der Waals surface area contributed by atoms with Crippen molar-refractivity contribution in [2.24, 2.45) is 5.73 Å². The molecule has 31 heavy (non-hydrogen) atoms. The number of alkyl halides is 3. The Kier molecular flexibility index (Phi) is 5.07. The van der Waals surface area contributed by atoms with Crippen molar-refractivity contribution < 1.29 is 27.8 Å². The van der Waals surface area contributed by atoms with Crippen molar-refractivity contribution >= 4 is 28.4 Å². The molecule has 0 fully saturated rings. The molecule has 2 heterocycles. The van der Waals surface area contributed by atoms with Crippen LogP contribution in [0.25, 0.3) is 27.9 Å². The number of nitrogens with one attached hydrogen (secondary N) is 1. The number of rotatable bonds is 6. The van der Waals surface area contributed by atoms with Gasteiger partial charge in [-0.3, -0.25) is 4.79 Å². The van der Waals surface area contributed by atoms with E-state index in [1.54, 1.807) is 24.3 Å². The molecule has 160 valence electrons. The minimum absolute atomic E-state index is 0.00663. The van der Waals surface area contributed by atoms with Gasteiger partial charge in [0, 0.05) is 5.39 Å². The number of nitrogens with two attached hydrogens (primary N) is 1. The number of hydrogen-bond donors (Lipinski definition) is 3. The van der Waals surface area contributed by atoms with E-state index in [1.807, 2.05) is 0 Å². The van der Waals surface area contributed by atoms with Gasteiger partial charge in [0.15, 0.2) is 11.5 Å². The largest absolute Gasteiger partial charge is 0.573 e. The number of nitrogens with zero attached hydrogens (tertiary/aromatic N) is 4. The van der Waals surface area contributed by atoms with Gasteiger partial charge in [-0.1, -0.05) is 24.3 Å². The second-order valence-corrected chi connectivity index (χ2v) is 6.45. The minimum atomic E-state index is -4.90. The zero-order chi connectivity index (χ0) is 22.2. The smallest absolute Gasteiger partial charge is 0.405 e. The van der Waals surface area contributed by atoms with E-state index in [9.17, 15) is 23.1 Å². The molecule has 1 amide bonds. The number of fused-ring (bicyclic) bond motifs is 3. The molecule has 12 heteroatoms. The van der Waals surface area contributed by atoms with Crippen LogP contribution in [-0.4, -0.2) is 49.6 Å². The fourth-order valence-electron chi connectivity index (χ4n) is 2.99. The van der Waals surface area contributed by atoms with Crippen molar-refractivity contribution in [2.75, 3.05) is 11.9 Å². The number of aromatic nitrogens is 4. The summed E-state index contributed by atoms with van der Waals surface area (Å²) in [4.78, 5) is 20.3. The van der Waals surface area contributed by atoms with Gasteiger partial charge in [-0.25, -0.2) is 9.97 Å². The molecule has 2 aromatic heterocycles. The first kappa shape index (κ1) is 20.3. The molecule has 4 rings (SSSR count). The summed E-state index contributed by atoms with van der Waals surface area (Å²) in [5.41, 5.74) is 6.03. The number of carbonyl (C=O) groups is 1. The molecule has 0 aliphatic rings. The number of amides is 1. The summed E-state index contributed by atoms with van der Waals surface area (Å²) < 4.78 is 43.8. The van der Waals surface area contributed by atoms with Crippen LogP contribution in [0.15, 0.2) is 48.5 Å². The summed E-state index contributed by atoms with van der Waals surface area (Å²) in [6, 6.07) is 11.2. The number of para-hydroxylation sites is 2. The molecule has 4 N–H and O–H groups in total. The summed E-state index contributed by atoms with van der Waals surface area (Å²) in [7, 11) is 0. The lowest BCUT2D eigenvalue weighted by Gasteiger charge is -2.14. The molecule has 1 atom stereocenters. The molecule has 0 saturated carbocycles. The predicted octanol–water partition coefficient (Wildman–Crippen LogP) is 2.10. The highest BCUT2D eigenvalue weighted by molar-refractivity contribution is 5.93. The average Bonchev–Trinajstić information content (AvgIpc) is 3.16. The zero-order valence-electron chi connectivity index (χ0n) is 15.7. The fourth-order valence-corrected chi connectivity index (χ4v) is 2.99. The molecule has 0 saturated heterocycles. The van der Waals surface area contributed by atoms with Crippen molar-refractivity contribution in [2.45, 2.75) is 12.4 Å². The van der Waals surface area contributed by atoms with Crippen LogP contribution < -0.4 is 15.8 Å². The molecule has 0 aliphatic heterocycles. The van der Waals surface area contributed by atoms with Crippen LogP contribution in [0, 0.1) is 0 Å². The average molecular weight is 432 g/mol. The Bertz CT molecular complexity index is 1270. The molecule has 9 nitrogen and oxygen atoms in total. The second-order valence-electron chi connectivity index (χ2n) is 6.45. The molecular formula is C19H15F3N6O3. The number of halogens is 3. The molecule has 0 aliphatic carbocycles. The van der Waals surface area contributed by atoms with Crippen molar-refractivity contribution in [1.29, 1.82) is 0 Å². The molecule has 2 aromatic carbocycles. The van der Waals surface area contributed by atoms with Gasteiger partial charge in [-0.05, 0) is 24.3 Å². The molecule has 0 radical (unpaired) electrons. The van der Waals surface area contributed by atoms with E-state index < -0.39 is 30.7 Å². The lowest BCUT2D eigenvalue weighted by molar-refractivity contribution is -0.274.